The number of piperazine rings is 1. The summed E-state index contributed by atoms with van der Waals surface area (Å²) in [6, 6.07) is 34.0. The Morgan fingerprint density at radius 3 is 2.19 bits per heavy atom. The molecule has 0 radical (unpaired) electrons. The third-order valence-electron chi connectivity index (χ3n) is 11.0. The lowest BCUT2D eigenvalue weighted by atomic mass is 9.99. The molecular weight excluding hydrogens is 894 g/mol. The highest BCUT2D eigenvalue weighted by Gasteiger charge is 2.48. The average Bonchev–Trinajstić information content (AvgIpc) is 3.28. The van der Waals surface area contributed by atoms with Crippen LogP contribution in [0.2, 0.25) is 5.02 Å². The molecule has 0 saturated carbocycles. The third kappa shape index (κ3) is 12.1. The summed E-state index contributed by atoms with van der Waals surface area (Å²) in [5.74, 6) is -0.577. The van der Waals surface area contributed by atoms with Crippen LogP contribution >= 0.6 is 30.9 Å². The fraction of sp³-hybridized carbons (Fsp3) is 0.311. The van der Waals surface area contributed by atoms with Crippen molar-refractivity contribution < 1.29 is 40.6 Å². The number of anilines is 2. The Labute approximate surface area is 375 Å². The van der Waals surface area contributed by atoms with Crippen LogP contribution in [-0.2, 0) is 25.7 Å². The monoisotopic (exact) mass is 941 g/mol. The molecule has 18 heteroatoms. The van der Waals surface area contributed by atoms with Crippen LogP contribution in [0.3, 0.4) is 0 Å². The zero-order chi connectivity index (χ0) is 44.6. The van der Waals surface area contributed by atoms with E-state index in [4.69, 9.17) is 16.3 Å². The number of thioether (sulfide) groups is 1. The summed E-state index contributed by atoms with van der Waals surface area (Å²) in [4.78, 5) is 30.8. The van der Waals surface area contributed by atoms with E-state index in [2.05, 4.69) is 32.1 Å². The Morgan fingerprint density at radius 2 is 1.51 bits per heavy atom. The predicted molar refractivity (Wildman–Crippen MR) is 244 cm³/mol. The van der Waals surface area contributed by atoms with Crippen molar-refractivity contribution >= 4 is 63.3 Å². The summed E-state index contributed by atoms with van der Waals surface area (Å²) in [7, 11) is -11.0. The fourth-order valence-corrected chi connectivity index (χ4v) is 10.8. The molecule has 0 bridgehead atoms. The fourth-order valence-electron chi connectivity index (χ4n) is 7.52. The van der Waals surface area contributed by atoms with Gasteiger partial charge in [0.1, 0.15) is 4.90 Å². The lowest BCUT2D eigenvalue weighted by molar-refractivity contribution is -0.0435. The Bertz CT molecular complexity index is 2490. The summed E-state index contributed by atoms with van der Waals surface area (Å²) >= 11 is 7.57. The van der Waals surface area contributed by atoms with Crippen molar-refractivity contribution in [3.8, 4) is 11.1 Å². The number of nitrogens with zero attached hydrogens (tertiary/aromatic N) is 3. The Hall–Kier alpha value is -4.38. The quantitative estimate of drug-likeness (QED) is 0.0655. The maximum atomic E-state index is 14.2. The second-order valence-electron chi connectivity index (χ2n) is 15.3. The van der Waals surface area contributed by atoms with Gasteiger partial charge in [0.05, 0.1) is 24.2 Å². The maximum Gasteiger partial charge on any atom is 0.501 e. The van der Waals surface area contributed by atoms with Crippen LogP contribution in [0.15, 0.2) is 131 Å². The molecule has 11 nitrogen and oxygen atoms in total. The topological polar surface area (TPSA) is 132 Å². The molecule has 2 fully saturated rings. The number of alkyl halides is 3. The molecule has 0 aromatic heterocycles. The van der Waals surface area contributed by atoms with E-state index >= 15 is 0 Å². The number of rotatable bonds is 16. The number of hydrogen-bond acceptors (Lipinski definition) is 10. The molecule has 2 atom stereocenters. The van der Waals surface area contributed by atoms with Crippen LogP contribution in [0.25, 0.3) is 11.1 Å². The minimum absolute atomic E-state index is 0.0333. The normalized spacial score (nSPS) is 16.9. The van der Waals surface area contributed by atoms with E-state index in [9.17, 15) is 35.8 Å². The maximum absolute atomic E-state index is 14.2. The number of nitrogens with one attached hydrogen (secondary N) is 2. The average molecular weight is 942 g/mol. The minimum Gasteiger partial charge on any atom is -0.380 e. The number of halogens is 4. The highest BCUT2D eigenvalue weighted by Crippen LogP contribution is 2.40. The van der Waals surface area contributed by atoms with Crippen molar-refractivity contribution in [3.63, 3.8) is 0 Å². The van der Waals surface area contributed by atoms with Gasteiger partial charge in [-0.2, -0.15) is 13.2 Å². The molecule has 0 aliphatic carbocycles. The van der Waals surface area contributed by atoms with Gasteiger partial charge in [0.15, 0.2) is 0 Å². The van der Waals surface area contributed by atoms with E-state index < -0.39 is 45.0 Å². The SMILES string of the molecule is O=C(NP(=O)(O)c1ccc(NC(CCN2CCOCC2)CSc2ccccc2)c(S(=O)(=O)C(F)(F)F)c1)c1ccc(N2CCN(Cc3ccccc3-c3ccc(Cl)cc3)CC2)cc1. The Kier molecular flexibility index (Phi) is 15.3. The molecule has 2 unspecified atom stereocenters. The number of amides is 1. The smallest absolute Gasteiger partial charge is 0.380 e. The van der Waals surface area contributed by atoms with Gasteiger partial charge in [0, 0.05) is 85.3 Å². The molecule has 5 aromatic carbocycles. The molecule has 2 heterocycles. The molecule has 0 spiro atoms. The van der Waals surface area contributed by atoms with Crippen LogP contribution in [0.1, 0.15) is 22.3 Å². The molecule has 5 aromatic rings. The lowest BCUT2D eigenvalue weighted by Crippen LogP contribution is -2.46. The first-order chi connectivity index (χ1) is 30.2. The van der Waals surface area contributed by atoms with Gasteiger partial charge in [0.2, 0.25) is 0 Å². The lowest BCUT2D eigenvalue weighted by Gasteiger charge is -2.36. The number of carbonyl (C=O) groups excluding carboxylic acids is 1. The van der Waals surface area contributed by atoms with E-state index in [0.717, 1.165) is 66.6 Å². The number of morpholine rings is 1. The number of ether oxygens (including phenoxy) is 1. The van der Waals surface area contributed by atoms with Crippen molar-refractivity contribution in [3.05, 3.63) is 137 Å². The Morgan fingerprint density at radius 1 is 0.841 bits per heavy atom. The first kappa shape index (κ1) is 46.6. The van der Waals surface area contributed by atoms with E-state index in [1.54, 1.807) is 12.1 Å². The standard InChI is InChI=1S/C45H48ClF3N5O6PS2/c46-36-14-10-33(11-15-36)41-9-5-4-6-35(41)31-53-22-24-54(25-23-53)38-16-12-34(13-17-38)44(55)51-61(56,57)39-18-19-42(43(30-39)63(58,59)45(47,48)49)50-37(20-21-52-26-28-60-29-27-52)32-62-40-7-2-1-3-8-40/h1-19,30,37,50H,20-29,31-32H2,(H2,51,55,56,57). The van der Waals surface area contributed by atoms with Crippen LogP contribution in [-0.4, -0.2) is 105 Å². The van der Waals surface area contributed by atoms with Gasteiger partial charge >= 0.3 is 13.0 Å². The second kappa shape index (κ2) is 20.6. The van der Waals surface area contributed by atoms with Gasteiger partial charge in [-0.15, -0.1) is 11.8 Å². The van der Waals surface area contributed by atoms with Gasteiger partial charge < -0.3 is 19.8 Å². The van der Waals surface area contributed by atoms with Crippen molar-refractivity contribution in [2.45, 2.75) is 34.3 Å². The first-order valence-corrected chi connectivity index (χ1v) is 24.9. The Balaban J connectivity index is 1.01. The van der Waals surface area contributed by atoms with E-state index in [0.29, 0.717) is 56.1 Å². The number of sulfone groups is 1. The van der Waals surface area contributed by atoms with Crippen LogP contribution in [0.5, 0.6) is 0 Å². The van der Waals surface area contributed by atoms with Crippen molar-refractivity contribution in [2.75, 3.05) is 75.0 Å². The molecule has 63 heavy (non-hydrogen) atoms. The minimum atomic E-state index is -6.02. The van der Waals surface area contributed by atoms with Crippen molar-refractivity contribution in [1.29, 1.82) is 0 Å². The highest BCUT2D eigenvalue weighted by atomic mass is 35.5. The largest absolute Gasteiger partial charge is 0.501 e. The molecule has 1 amide bonds. The molecular formula is C45H48ClF3N5O6PS2. The molecule has 2 saturated heterocycles. The van der Waals surface area contributed by atoms with Crippen LogP contribution < -0.4 is 20.6 Å². The van der Waals surface area contributed by atoms with Crippen LogP contribution in [0.4, 0.5) is 24.5 Å². The first-order valence-electron chi connectivity index (χ1n) is 20.4. The van der Waals surface area contributed by atoms with Gasteiger partial charge in [0.25, 0.3) is 15.7 Å². The van der Waals surface area contributed by atoms with Gasteiger partial charge in [-0.25, -0.2) is 8.42 Å². The van der Waals surface area contributed by atoms with Crippen molar-refractivity contribution in [1.82, 2.24) is 14.9 Å². The summed E-state index contributed by atoms with van der Waals surface area (Å²) in [5.41, 5.74) is -1.78. The highest BCUT2D eigenvalue weighted by molar-refractivity contribution is 7.99. The molecule has 7 rings (SSSR count). The number of hydrogen-bond donors (Lipinski definition) is 3. The second-order valence-corrected chi connectivity index (χ2v) is 20.7. The van der Waals surface area contributed by atoms with Crippen molar-refractivity contribution in [2.24, 2.45) is 0 Å². The van der Waals surface area contributed by atoms with E-state index in [1.165, 1.54) is 29.5 Å². The summed E-state index contributed by atoms with van der Waals surface area (Å²) in [6.45, 7) is 6.82. The molecule has 2 aliphatic heterocycles. The number of benzene rings is 5. The molecule has 3 N–H and O–H groups in total. The summed E-state index contributed by atoms with van der Waals surface area (Å²) < 4.78 is 87.7. The zero-order valence-electron chi connectivity index (χ0n) is 34.2. The third-order valence-corrected chi connectivity index (χ3v) is 15.5. The number of carbonyl (C=O) groups is 1. The summed E-state index contributed by atoms with van der Waals surface area (Å²) in [5, 5.41) is 5.04. The molecule has 334 valence electrons. The zero-order valence-corrected chi connectivity index (χ0v) is 37.5. The van der Waals surface area contributed by atoms with E-state index in [-0.39, 0.29) is 11.3 Å². The van der Waals surface area contributed by atoms with Gasteiger partial charge in [-0.05, 0) is 89.8 Å². The van der Waals surface area contributed by atoms with Gasteiger partial charge in [-0.3, -0.25) is 24.2 Å². The predicted octanol–water partition coefficient (Wildman–Crippen LogP) is 8.16. The summed E-state index contributed by atoms with van der Waals surface area (Å²) in [6.07, 6.45) is 0.456. The van der Waals surface area contributed by atoms with Gasteiger partial charge in [-0.1, -0.05) is 66.2 Å². The molecule has 2 aliphatic rings. The van der Waals surface area contributed by atoms with E-state index in [1.807, 2.05) is 71.8 Å². The van der Waals surface area contributed by atoms with Crippen LogP contribution in [0, 0.1) is 0 Å².